The Labute approximate surface area is 184 Å². The van der Waals surface area contributed by atoms with E-state index in [2.05, 4.69) is 20.4 Å². The monoisotopic (exact) mass is 442 g/mol. The maximum atomic E-state index is 13.6. The van der Waals surface area contributed by atoms with E-state index >= 15 is 0 Å². The zero-order valence-electron chi connectivity index (χ0n) is 17.9. The Morgan fingerprint density at radius 3 is 2.42 bits per heavy atom. The van der Waals surface area contributed by atoms with Crippen LogP contribution in [0.25, 0.3) is 0 Å². The lowest BCUT2D eigenvalue weighted by Crippen LogP contribution is -2.40. The molecule has 4 rings (SSSR count). The van der Waals surface area contributed by atoms with Crippen molar-refractivity contribution in [1.29, 1.82) is 0 Å². The normalized spacial score (nSPS) is 16.9. The zero-order chi connectivity index (χ0) is 21.8. The van der Waals surface area contributed by atoms with Crippen LogP contribution in [-0.2, 0) is 27.8 Å². The Bertz CT molecular complexity index is 1050. The number of benzene rings is 2. The fraction of sp³-hybridized carbons (Fsp3) is 0.435. The van der Waals surface area contributed by atoms with Gasteiger partial charge in [-0.05, 0) is 68.1 Å². The number of amides is 1. The molecule has 8 heteroatoms. The first-order valence-electron chi connectivity index (χ1n) is 11.0. The number of hydrogen-bond donors (Lipinski definition) is 2. The van der Waals surface area contributed by atoms with Crippen LogP contribution >= 0.6 is 0 Å². The minimum atomic E-state index is -3.65. The fourth-order valence-electron chi connectivity index (χ4n) is 4.42. The number of nitrogens with zero attached hydrogens (tertiary/aromatic N) is 2. The predicted octanol–water partition coefficient (Wildman–Crippen LogP) is 3.20. The lowest BCUT2D eigenvalue weighted by atomic mass is 10.0. The number of carbonyl (C=O) groups excluding carboxylic acids is 1. The number of fused-ring (bicyclic) bond motifs is 2. The van der Waals surface area contributed by atoms with Crippen LogP contribution in [0.2, 0.25) is 0 Å². The summed E-state index contributed by atoms with van der Waals surface area (Å²) in [7, 11) is -3.65. The van der Waals surface area contributed by atoms with Gasteiger partial charge in [-0.25, -0.2) is 0 Å². The largest absolute Gasteiger partial charge is 0.299 e. The van der Waals surface area contributed by atoms with Gasteiger partial charge in [-0.2, -0.15) is 13.1 Å². The van der Waals surface area contributed by atoms with E-state index in [0.717, 1.165) is 61.3 Å². The van der Waals surface area contributed by atoms with Gasteiger partial charge in [-0.1, -0.05) is 37.6 Å². The highest BCUT2D eigenvalue weighted by Gasteiger charge is 2.28. The van der Waals surface area contributed by atoms with E-state index in [4.69, 9.17) is 0 Å². The molecule has 2 N–H and O–H groups in total. The van der Waals surface area contributed by atoms with Gasteiger partial charge in [0.25, 0.3) is 10.2 Å². The summed E-state index contributed by atoms with van der Waals surface area (Å²) >= 11 is 0. The molecule has 166 valence electrons. The third-order valence-corrected chi connectivity index (χ3v) is 7.04. The third-order valence-electron chi connectivity index (χ3n) is 5.87. The summed E-state index contributed by atoms with van der Waals surface area (Å²) in [4.78, 5) is 17.6. The van der Waals surface area contributed by atoms with Gasteiger partial charge in [0.15, 0.2) is 0 Å². The molecule has 0 saturated carbocycles. The van der Waals surface area contributed by atoms with Crippen molar-refractivity contribution in [3.63, 3.8) is 0 Å². The Balaban J connectivity index is 1.72. The van der Waals surface area contributed by atoms with Crippen molar-refractivity contribution in [3.05, 3.63) is 53.6 Å². The number of aryl methyl sites for hydroxylation is 2. The molecule has 0 atom stereocenters. The second-order valence-electron chi connectivity index (χ2n) is 8.14. The molecule has 2 aliphatic rings. The van der Waals surface area contributed by atoms with Gasteiger partial charge in [0, 0.05) is 6.54 Å². The molecule has 31 heavy (non-hydrogen) atoms. The minimum Gasteiger partial charge on any atom is -0.294 e. The van der Waals surface area contributed by atoms with Crippen LogP contribution in [0.3, 0.4) is 0 Å². The second kappa shape index (κ2) is 9.38. The summed E-state index contributed by atoms with van der Waals surface area (Å²) in [6, 6.07) is 13.5. The number of piperidine rings is 1. The van der Waals surface area contributed by atoms with Crippen LogP contribution in [0.5, 0.6) is 0 Å². The van der Waals surface area contributed by atoms with E-state index < -0.39 is 10.2 Å². The van der Waals surface area contributed by atoms with Crippen molar-refractivity contribution in [2.75, 3.05) is 35.8 Å². The Kier molecular flexibility index (Phi) is 6.60. The average molecular weight is 443 g/mol. The number of hydrogen-bond acceptors (Lipinski definition) is 4. The highest BCUT2D eigenvalue weighted by Crippen LogP contribution is 2.38. The van der Waals surface area contributed by atoms with Gasteiger partial charge < -0.3 is 0 Å². The van der Waals surface area contributed by atoms with Gasteiger partial charge in [-0.15, -0.1) is 0 Å². The van der Waals surface area contributed by atoms with Crippen molar-refractivity contribution in [1.82, 2.24) is 9.62 Å². The number of likely N-dealkylation sites (tertiary alicyclic amines) is 1. The lowest BCUT2D eigenvalue weighted by Gasteiger charge is -2.30. The molecule has 0 aromatic heterocycles. The third kappa shape index (κ3) is 5.08. The minimum absolute atomic E-state index is 0.0178. The number of anilines is 3. The molecule has 0 radical (unpaired) electrons. The van der Waals surface area contributed by atoms with E-state index in [0.29, 0.717) is 18.8 Å². The molecule has 1 amide bonds. The van der Waals surface area contributed by atoms with E-state index in [1.165, 1.54) is 6.42 Å². The first-order valence-corrected chi connectivity index (χ1v) is 12.5. The summed E-state index contributed by atoms with van der Waals surface area (Å²) < 4.78 is 29.4. The summed E-state index contributed by atoms with van der Waals surface area (Å²) in [6.45, 7) is 4.27. The zero-order valence-corrected chi connectivity index (χ0v) is 18.7. The Morgan fingerprint density at radius 1 is 0.968 bits per heavy atom. The second-order valence-corrected chi connectivity index (χ2v) is 9.64. The number of carbonyl (C=O) groups is 1. The predicted molar refractivity (Wildman–Crippen MR) is 124 cm³/mol. The Morgan fingerprint density at radius 2 is 1.68 bits per heavy atom. The van der Waals surface area contributed by atoms with Crippen molar-refractivity contribution in [2.45, 2.75) is 39.0 Å². The van der Waals surface area contributed by atoms with Gasteiger partial charge in [0.05, 0.1) is 23.6 Å². The van der Waals surface area contributed by atoms with Crippen LogP contribution < -0.4 is 14.3 Å². The topological polar surface area (TPSA) is 81.8 Å². The number of nitrogens with one attached hydrogen (secondary N) is 2. The van der Waals surface area contributed by atoms with Crippen molar-refractivity contribution in [3.8, 4) is 0 Å². The standard InChI is InChI=1S/C23H30N4O3S/c1-2-24-31(29,30)25-20-13-12-19-11-10-18-8-4-5-9-21(18)27(22(19)16-20)23(28)17-26-14-6-3-7-15-26/h4-5,8-9,12-13,16,24-25H,2-3,6-7,10-11,14-15,17H2,1H3. The molecule has 0 aliphatic carbocycles. The van der Waals surface area contributed by atoms with Crippen molar-refractivity contribution >= 4 is 33.2 Å². The van der Waals surface area contributed by atoms with Gasteiger partial charge in [0.1, 0.15) is 0 Å². The molecule has 2 aliphatic heterocycles. The van der Waals surface area contributed by atoms with Crippen LogP contribution in [0.15, 0.2) is 42.5 Å². The molecule has 0 spiro atoms. The van der Waals surface area contributed by atoms with E-state index in [1.54, 1.807) is 24.0 Å². The summed E-state index contributed by atoms with van der Waals surface area (Å²) in [6.07, 6.45) is 5.09. The molecule has 2 aromatic rings. The fourth-order valence-corrected chi connectivity index (χ4v) is 5.31. The van der Waals surface area contributed by atoms with Gasteiger partial charge in [0.2, 0.25) is 5.91 Å². The van der Waals surface area contributed by atoms with Crippen LogP contribution in [0.1, 0.15) is 37.3 Å². The van der Waals surface area contributed by atoms with Crippen molar-refractivity contribution < 1.29 is 13.2 Å². The molecule has 7 nitrogen and oxygen atoms in total. The molecular formula is C23H30N4O3S. The maximum Gasteiger partial charge on any atom is 0.299 e. The number of rotatable bonds is 6. The number of para-hydroxylation sites is 1. The van der Waals surface area contributed by atoms with Crippen LogP contribution in [0, 0.1) is 0 Å². The highest BCUT2D eigenvalue weighted by atomic mass is 32.2. The SMILES string of the molecule is CCNS(=O)(=O)Nc1ccc2c(c1)N(C(=O)CN1CCCCC1)c1ccccc1CC2. The molecule has 1 fully saturated rings. The van der Waals surface area contributed by atoms with E-state index in [-0.39, 0.29) is 5.91 Å². The maximum absolute atomic E-state index is 13.6. The van der Waals surface area contributed by atoms with E-state index in [1.807, 2.05) is 24.3 Å². The molecule has 2 heterocycles. The molecule has 0 bridgehead atoms. The van der Waals surface area contributed by atoms with E-state index in [9.17, 15) is 13.2 Å². The molecule has 0 unspecified atom stereocenters. The van der Waals surface area contributed by atoms with Crippen molar-refractivity contribution in [2.24, 2.45) is 0 Å². The van der Waals surface area contributed by atoms with Crippen LogP contribution in [0.4, 0.5) is 17.1 Å². The Hall–Kier alpha value is -2.42. The lowest BCUT2D eigenvalue weighted by molar-refractivity contribution is -0.119. The first kappa shape index (κ1) is 21.8. The smallest absolute Gasteiger partial charge is 0.294 e. The molecule has 1 saturated heterocycles. The van der Waals surface area contributed by atoms with Gasteiger partial charge >= 0.3 is 0 Å². The summed E-state index contributed by atoms with van der Waals surface area (Å²) in [5.41, 5.74) is 4.24. The highest BCUT2D eigenvalue weighted by molar-refractivity contribution is 7.90. The molecular weight excluding hydrogens is 412 g/mol. The van der Waals surface area contributed by atoms with Gasteiger partial charge in [-0.3, -0.25) is 19.3 Å². The first-order chi connectivity index (χ1) is 15.0. The summed E-state index contributed by atoms with van der Waals surface area (Å²) in [5, 5.41) is 0. The molecule has 2 aromatic carbocycles. The summed E-state index contributed by atoms with van der Waals surface area (Å²) in [5.74, 6) is 0.0178. The average Bonchev–Trinajstić information content (AvgIpc) is 2.90. The van der Waals surface area contributed by atoms with Crippen LogP contribution in [-0.4, -0.2) is 45.4 Å². The quantitative estimate of drug-likeness (QED) is 0.720.